The van der Waals surface area contributed by atoms with Crippen molar-refractivity contribution in [1.29, 1.82) is 0 Å². The van der Waals surface area contributed by atoms with Gasteiger partial charge in [-0.25, -0.2) is 4.57 Å². The fourth-order valence-electron chi connectivity index (χ4n) is 5.87. The number of ether oxygens (including phenoxy) is 2. The van der Waals surface area contributed by atoms with Crippen LogP contribution in [0.2, 0.25) is 0 Å². The molecule has 1 unspecified atom stereocenters. The van der Waals surface area contributed by atoms with E-state index in [0.717, 1.165) is 70.6 Å². The standard InChI is InChI=1S/C45H79O8P/c1-3-5-7-9-11-13-15-17-18-19-20-21-22-23-24-25-26-28-29-31-33-35-37-39-44(46)51-41-43(42-52-54(48,49)50)53-45(47)40-38-36-34-32-30-27-16-14-12-10-8-6-4-2/h6,8,10,12,14,16,20-21,23-24,43H,3-5,7,9,11,13,15,17-19,22,25-42H2,1-2H3,(H2,48,49,50)/b8-6+,12-10+,16-14+,21-20+,24-23+. The monoisotopic (exact) mass is 779 g/mol. The Bertz CT molecular complexity index is 1060. The lowest BCUT2D eigenvalue weighted by molar-refractivity contribution is -0.161. The Morgan fingerprint density at radius 2 is 0.963 bits per heavy atom. The number of phosphoric ester groups is 1. The van der Waals surface area contributed by atoms with Crippen molar-refractivity contribution < 1.29 is 37.9 Å². The van der Waals surface area contributed by atoms with Gasteiger partial charge in [-0.05, 0) is 64.2 Å². The molecule has 9 heteroatoms. The van der Waals surface area contributed by atoms with Gasteiger partial charge in [-0.15, -0.1) is 0 Å². The predicted octanol–water partition coefficient (Wildman–Crippen LogP) is 13.3. The van der Waals surface area contributed by atoms with Crippen molar-refractivity contribution in [2.24, 2.45) is 0 Å². The normalized spacial score (nSPS) is 13.0. The van der Waals surface area contributed by atoms with Gasteiger partial charge in [-0.1, -0.05) is 177 Å². The van der Waals surface area contributed by atoms with Gasteiger partial charge >= 0.3 is 19.8 Å². The molecule has 0 saturated heterocycles. The maximum atomic E-state index is 12.4. The van der Waals surface area contributed by atoms with E-state index in [4.69, 9.17) is 19.3 Å². The summed E-state index contributed by atoms with van der Waals surface area (Å²) < 4.78 is 26.4. The van der Waals surface area contributed by atoms with E-state index in [1.807, 2.05) is 18.2 Å². The molecule has 2 N–H and O–H groups in total. The highest BCUT2D eigenvalue weighted by Gasteiger charge is 2.22. The molecule has 0 radical (unpaired) electrons. The first-order valence-corrected chi connectivity index (χ1v) is 23.1. The molecule has 0 amide bonds. The van der Waals surface area contributed by atoms with Gasteiger partial charge in [-0.3, -0.25) is 14.1 Å². The molecule has 0 aromatic heterocycles. The van der Waals surface area contributed by atoms with Crippen LogP contribution in [-0.4, -0.2) is 41.0 Å². The molecule has 1 atom stereocenters. The van der Waals surface area contributed by atoms with Crippen LogP contribution in [0.25, 0.3) is 0 Å². The van der Waals surface area contributed by atoms with Gasteiger partial charge in [0.05, 0.1) is 6.61 Å². The third-order valence-corrected chi connectivity index (χ3v) is 9.57. The second kappa shape index (κ2) is 40.4. The van der Waals surface area contributed by atoms with Crippen LogP contribution in [0.4, 0.5) is 0 Å². The number of hydrogen-bond acceptors (Lipinski definition) is 6. The van der Waals surface area contributed by atoms with Crippen LogP contribution in [0.15, 0.2) is 60.8 Å². The number of carbonyl (C=O) groups excluding carboxylic acids is 2. The number of rotatable bonds is 39. The van der Waals surface area contributed by atoms with Gasteiger partial charge in [0.25, 0.3) is 0 Å². The second-order valence-corrected chi connectivity index (χ2v) is 15.6. The Balaban J connectivity index is 3.90. The summed E-state index contributed by atoms with van der Waals surface area (Å²) >= 11 is 0. The number of carbonyl (C=O) groups is 2. The van der Waals surface area contributed by atoms with Crippen molar-refractivity contribution >= 4 is 19.8 Å². The van der Waals surface area contributed by atoms with E-state index in [1.165, 1.54) is 83.5 Å². The predicted molar refractivity (Wildman–Crippen MR) is 225 cm³/mol. The van der Waals surface area contributed by atoms with Gasteiger partial charge in [0.1, 0.15) is 6.61 Å². The van der Waals surface area contributed by atoms with Crippen LogP contribution >= 0.6 is 7.82 Å². The van der Waals surface area contributed by atoms with E-state index in [2.05, 4.69) is 60.9 Å². The molecule has 0 spiro atoms. The fraction of sp³-hybridized carbons (Fsp3) is 0.733. The minimum atomic E-state index is -4.76. The van der Waals surface area contributed by atoms with Crippen LogP contribution < -0.4 is 0 Å². The first kappa shape index (κ1) is 51.8. The van der Waals surface area contributed by atoms with Gasteiger partial charge in [-0.2, -0.15) is 0 Å². The van der Waals surface area contributed by atoms with E-state index in [0.29, 0.717) is 12.8 Å². The lowest BCUT2D eigenvalue weighted by atomic mass is 10.1. The lowest BCUT2D eigenvalue weighted by Crippen LogP contribution is -2.29. The van der Waals surface area contributed by atoms with Crippen molar-refractivity contribution in [2.45, 2.75) is 200 Å². The second-order valence-electron chi connectivity index (χ2n) is 14.3. The molecule has 0 aliphatic heterocycles. The highest BCUT2D eigenvalue weighted by atomic mass is 31.2. The summed E-state index contributed by atoms with van der Waals surface area (Å²) in [5.41, 5.74) is 0. The first-order chi connectivity index (χ1) is 26.3. The Labute approximate surface area is 330 Å². The summed E-state index contributed by atoms with van der Waals surface area (Å²) in [4.78, 5) is 42.8. The maximum Gasteiger partial charge on any atom is 0.469 e. The number of phosphoric acid groups is 1. The molecule has 54 heavy (non-hydrogen) atoms. The Morgan fingerprint density at radius 1 is 0.519 bits per heavy atom. The zero-order valence-electron chi connectivity index (χ0n) is 34.4. The molecule has 0 aliphatic carbocycles. The van der Waals surface area contributed by atoms with E-state index in [9.17, 15) is 14.2 Å². The summed E-state index contributed by atoms with van der Waals surface area (Å²) in [6, 6.07) is 0. The summed E-state index contributed by atoms with van der Waals surface area (Å²) in [5.74, 6) is -0.920. The average molecular weight is 779 g/mol. The summed E-state index contributed by atoms with van der Waals surface area (Å²) in [6.07, 6.45) is 51.0. The van der Waals surface area contributed by atoms with Crippen molar-refractivity contribution in [2.75, 3.05) is 13.2 Å². The highest BCUT2D eigenvalue weighted by Crippen LogP contribution is 2.36. The van der Waals surface area contributed by atoms with Crippen LogP contribution in [0.5, 0.6) is 0 Å². The van der Waals surface area contributed by atoms with Gasteiger partial charge in [0.15, 0.2) is 6.10 Å². The van der Waals surface area contributed by atoms with Crippen molar-refractivity contribution in [3.05, 3.63) is 60.8 Å². The third-order valence-electron chi connectivity index (χ3n) is 9.08. The summed E-state index contributed by atoms with van der Waals surface area (Å²) in [5, 5.41) is 0. The zero-order chi connectivity index (χ0) is 39.6. The smallest absolute Gasteiger partial charge is 0.462 e. The van der Waals surface area contributed by atoms with E-state index >= 15 is 0 Å². The quantitative estimate of drug-likeness (QED) is 0.0208. The molecule has 0 bridgehead atoms. The fourth-order valence-corrected chi connectivity index (χ4v) is 6.23. The van der Waals surface area contributed by atoms with E-state index in [-0.39, 0.29) is 19.4 Å². The molecule has 0 saturated carbocycles. The minimum Gasteiger partial charge on any atom is -0.462 e. The minimum absolute atomic E-state index is 0.185. The number of unbranched alkanes of at least 4 members (excludes halogenated alkanes) is 21. The van der Waals surface area contributed by atoms with E-state index in [1.54, 1.807) is 0 Å². The van der Waals surface area contributed by atoms with Crippen molar-refractivity contribution in [3.63, 3.8) is 0 Å². The lowest BCUT2D eigenvalue weighted by Gasteiger charge is -2.18. The van der Waals surface area contributed by atoms with Gasteiger partial charge in [0.2, 0.25) is 0 Å². The van der Waals surface area contributed by atoms with Crippen LogP contribution in [0.3, 0.4) is 0 Å². The van der Waals surface area contributed by atoms with Crippen LogP contribution in [0, 0.1) is 0 Å². The molecule has 8 nitrogen and oxygen atoms in total. The molecular weight excluding hydrogens is 699 g/mol. The Kier molecular flexibility index (Phi) is 38.7. The zero-order valence-corrected chi connectivity index (χ0v) is 35.2. The SMILES string of the molecule is CC/C=C/C=C/C=C/CCCCCCCC(=O)OC(COC(=O)CCCCCCCCC/C=C/C/C=C/CCCCCCCCCCC)COP(=O)(O)O. The van der Waals surface area contributed by atoms with E-state index < -0.39 is 32.5 Å². The molecule has 0 heterocycles. The van der Waals surface area contributed by atoms with Gasteiger partial charge in [0, 0.05) is 12.8 Å². The largest absolute Gasteiger partial charge is 0.469 e. The van der Waals surface area contributed by atoms with Crippen molar-refractivity contribution in [3.8, 4) is 0 Å². The third kappa shape index (κ3) is 42.5. The molecule has 0 aliphatic rings. The summed E-state index contributed by atoms with van der Waals surface area (Å²) in [6.45, 7) is 3.53. The number of esters is 2. The number of hydrogen-bond donors (Lipinski definition) is 2. The molecule has 0 aromatic carbocycles. The molecule has 312 valence electrons. The van der Waals surface area contributed by atoms with Crippen LogP contribution in [0.1, 0.15) is 194 Å². The highest BCUT2D eigenvalue weighted by molar-refractivity contribution is 7.46. The molecular formula is C45H79O8P. The maximum absolute atomic E-state index is 12.4. The first-order valence-electron chi connectivity index (χ1n) is 21.6. The van der Waals surface area contributed by atoms with Crippen LogP contribution in [-0.2, 0) is 28.2 Å². The Hall–Kier alpha value is -2.25. The number of allylic oxidation sites excluding steroid dienone is 10. The summed E-state index contributed by atoms with van der Waals surface area (Å²) in [7, 11) is -4.76. The Morgan fingerprint density at radius 3 is 1.46 bits per heavy atom. The van der Waals surface area contributed by atoms with Crippen molar-refractivity contribution in [1.82, 2.24) is 0 Å². The van der Waals surface area contributed by atoms with Gasteiger partial charge < -0.3 is 19.3 Å². The topological polar surface area (TPSA) is 119 Å². The average Bonchev–Trinajstić information content (AvgIpc) is 3.14. The molecule has 0 aromatic rings. The molecule has 0 rings (SSSR count). The molecule has 0 fully saturated rings.